The molecule has 0 aromatic carbocycles. The zero-order valence-electron chi connectivity index (χ0n) is 12.9. The first-order chi connectivity index (χ1) is 11.8. The van der Waals surface area contributed by atoms with E-state index in [0.29, 0.717) is 17.1 Å². The van der Waals surface area contributed by atoms with Crippen molar-refractivity contribution in [3.05, 3.63) is 41.7 Å². The highest BCUT2D eigenvalue weighted by Crippen LogP contribution is 2.22. The predicted molar refractivity (Wildman–Crippen MR) is 91.1 cm³/mol. The first-order valence-corrected chi connectivity index (χ1v) is 8.72. The Morgan fingerprint density at radius 3 is 3.00 bits per heavy atom. The summed E-state index contributed by atoms with van der Waals surface area (Å²) >= 11 is 1.65. The SMILES string of the molecule is O=C(NC1CCN(c2nccs2)CC1)c1cc(-c2ccco2)[nH]n1. The van der Waals surface area contributed by atoms with Crippen molar-refractivity contribution in [1.82, 2.24) is 20.5 Å². The number of hydrogen-bond donors (Lipinski definition) is 2. The molecule has 8 heteroatoms. The van der Waals surface area contributed by atoms with Gasteiger partial charge in [0, 0.05) is 36.8 Å². The molecule has 24 heavy (non-hydrogen) atoms. The molecule has 0 bridgehead atoms. The highest BCUT2D eigenvalue weighted by Gasteiger charge is 2.23. The van der Waals surface area contributed by atoms with Crippen LogP contribution < -0.4 is 10.2 Å². The van der Waals surface area contributed by atoms with E-state index in [1.165, 1.54) is 0 Å². The maximum absolute atomic E-state index is 12.4. The smallest absolute Gasteiger partial charge is 0.272 e. The minimum Gasteiger partial charge on any atom is -0.463 e. The van der Waals surface area contributed by atoms with E-state index in [-0.39, 0.29) is 11.9 Å². The Labute approximate surface area is 142 Å². The van der Waals surface area contributed by atoms with E-state index >= 15 is 0 Å². The lowest BCUT2D eigenvalue weighted by molar-refractivity contribution is 0.0926. The molecule has 0 aliphatic carbocycles. The number of thiazole rings is 1. The van der Waals surface area contributed by atoms with Crippen LogP contribution in [0.25, 0.3) is 11.5 Å². The fourth-order valence-corrected chi connectivity index (χ4v) is 3.54. The van der Waals surface area contributed by atoms with Gasteiger partial charge in [-0.15, -0.1) is 11.3 Å². The fraction of sp³-hybridized carbons (Fsp3) is 0.312. The lowest BCUT2D eigenvalue weighted by Crippen LogP contribution is -2.44. The van der Waals surface area contributed by atoms with Gasteiger partial charge in [-0.1, -0.05) is 0 Å². The Morgan fingerprint density at radius 2 is 2.29 bits per heavy atom. The Morgan fingerprint density at radius 1 is 1.42 bits per heavy atom. The van der Waals surface area contributed by atoms with E-state index in [1.807, 2.05) is 17.6 Å². The minimum absolute atomic E-state index is 0.156. The molecule has 0 atom stereocenters. The summed E-state index contributed by atoms with van der Waals surface area (Å²) in [5, 5.41) is 13.0. The number of carbonyl (C=O) groups is 1. The molecule has 3 aromatic rings. The lowest BCUT2D eigenvalue weighted by atomic mass is 10.1. The Hall–Kier alpha value is -2.61. The summed E-state index contributed by atoms with van der Waals surface area (Å²) in [6, 6.07) is 5.49. The van der Waals surface area contributed by atoms with Crippen LogP contribution in [0.3, 0.4) is 0 Å². The first-order valence-electron chi connectivity index (χ1n) is 7.84. The second kappa shape index (κ2) is 6.48. The summed E-state index contributed by atoms with van der Waals surface area (Å²) < 4.78 is 5.30. The lowest BCUT2D eigenvalue weighted by Gasteiger charge is -2.31. The number of nitrogens with one attached hydrogen (secondary N) is 2. The van der Waals surface area contributed by atoms with Crippen molar-refractivity contribution in [1.29, 1.82) is 0 Å². The quantitative estimate of drug-likeness (QED) is 0.760. The summed E-state index contributed by atoms with van der Waals surface area (Å²) in [5.74, 6) is 0.509. The molecule has 7 nitrogen and oxygen atoms in total. The summed E-state index contributed by atoms with van der Waals surface area (Å²) in [6.45, 7) is 1.80. The molecule has 1 aliphatic rings. The van der Waals surface area contributed by atoms with E-state index in [9.17, 15) is 4.79 Å². The number of hydrogen-bond acceptors (Lipinski definition) is 6. The second-order valence-electron chi connectivity index (χ2n) is 5.69. The maximum Gasteiger partial charge on any atom is 0.272 e. The van der Waals surface area contributed by atoms with Gasteiger partial charge in [0.1, 0.15) is 5.69 Å². The zero-order chi connectivity index (χ0) is 16.4. The summed E-state index contributed by atoms with van der Waals surface area (Å²) in [7, 11) is 0. The normalized spacial score (nSPS) is 15.6. The molecular formula is C16H17N5O2S. The van der Waals surface area contributed by atoms with Crippen LogP contribution in [0.5, 0.6) is 0 Å². The molecule has 0 radical (unpaired) electrons. The molecule has 0 saturated carbocycles. The van der Waals surface area contributed by atoms with Crippen LogP contribution in [0.1, 0.15) is 23.3 Å². The fourth-order valence-electron chi connectivity index (χ4n) is 2.84. The van der Waals surface area contributed by atoms with Gasteiger partial charge in [-0.05, 0) is 25.0 Å². The Bertz CT molecular complexity index is 788. The molecule has 0 spiro atoms. The van der Waals surface area contributed by atoms with Crippen LogP contribution in [0.2, 0.25) is 0 Å². The molecule has 1 saturated heterocycles. The zero-order valence-corrected chi connectivity index (χ0v) is 13.8. The van der Waals surface area contributed by atoms with E-state index in [1.54, 1.807) is 29.7 Å². The van der Waals surface area contributed by atoms with Gasteiger partial charge in [0.15, 0.2) is 16.6 Å². The van der Waals surface area contributed by atoms with E-state index in [2.05, 4.69) is 25.4 Å². The van der Waals surface area contributed by atoms with Crippen LogP contribution in [0.4, 0.5) is 5.13 Å². The molecule has 1 fully saturated rings. The maximum atomic E-state index is 12.4. The van der Waals surface area contributed by atoms with Crippen molar-refractivity contribution in [2.75, 3.05) is 18.0 Å². The topological polar surface area (TPSA) is 87.0 Å². The number of furan rings is 1. The van der Waals surface area contributed by atoms with E-state index < -0.39 is 0 Å². The van der Waals surface area contributed by atoms with Crippen LogP contribution >= 0.6 is 11.3 Å². The molecule has 0 unspecified atom stereocenters. The number of anilines is 1. The summed E-state index contributed by atoms with van der Waals surface area (Å²) in [6.07, 6.45) is 5.22. The van der Waals surface area contributed by atoms with Crippen molar-refractivity contribution < 1.29 is 9.21 Å². The van der Waals surface area contributed by atoms with Crippen molar-refractivity contribution in [3.63, 3.8) is 0 Å². The van der Waals surface area contributed by atoms with Crippen molar-refractivity contribution in [3.8, 4) is 11.5 Å². The summed E-state index contributed by atoms with van der Waals surface area (Å²) in [4.78, 5) is 19.0. The molecule has 4 heterocycles. The first kappa shape index (κ1) is 14.9. The van der Waals surface area contributed by atoms with Crippen molar-refractivity contribution in [2.45, 2.75) is 18.9 Å². The van der Waals surface area contributed by atoms with Gasteiger partial charge in [0.2, 0.25) is 0 Å². The van der Waals surface area contributed by atoms with Gasteiger partial charge in [-0.2, -0.15) is 5.10 Å². The third-order valence-corrected chi connectivity index (χ3v) is 4.95. The van der Waals surface area contributed by atoms with Crippen LogP contribution in [-0.2, 0) is 0 Å². The molecule has 1 amide bonds. The molecule has 1 aliphatic heterocycles. The van der Waals surface area contributed by atoms with Crippen molar-refractivity contribution in [2.24, 2.45) is 0 Å². The van der Waals surface area contributed by atoms with Gasteiger partial charge in [-0.25, -0.2) is 4.98 Å². The predicted octanol–water partition coefficient (Wildman–Crippen LogP) is 2.53. The van der Waals surface area contributed by atoms with Gasteiger partial charge in [-0.3, -0.25) is 9.89 Å². The average molecular weight is 343 g/mol. The molecule has 2 N–H and O–H groups in total. The standard InChI is InChI=1S/C16H17N5O2S/c22-15(13-10-12(19-20-13)14-2-1-8-23-14)18-11-3-6-21(7-4-11)16-17-5-9-24-16/h1-2,5,8-11H,3-4,6-7H2,(H,18,22)(H,19,20). The number of carbonyl (C=O) groups excluding carboxylic acids is 1. The average Bonchev–Trinajstić information content (AvgIpc) is 3.35. The third kappa shape index (κ3) is 3.05. The Kier molecular flexibility index (Phi) is 4.04. The number of aromatic amines is 1. The van der Waals surface area contributed by atoms with Gasteiger partial charge >= 0.3 is 0 Å². The van der Waals surface area contributed by atoms with E-state index in [4.69, 9.17) is 4.42 Å². The highest BCUT2D eigenvalue weighted by atomic mass is 32.1. The highest BCUT2D eigenvalue weighted by molar-refractivity contribution is 7.13. The van der Waals surface area contributed by atoms with Crippen LogP contribution in [0.15, 0.2) is 40.5 Å². The second-order valence-corrected chi connectivity index (χ2v) is 6.57. The minimum atomic E-state index is -0.156. The van der Waals surface area contributed by atoms with Gasteiger partial charge in [0.25, 0.3) is 5.91 Å². The molecular weight excluding hydrogens is 326 g/mol. The largest absolute Gasteiger partial charge is 0.463 e. The Balaban J connectivity index is 1.34. The van der Waals surface area contributed by atoms with Crippen molar-refractivity contribution >= 4 is 22.4 Å². The van der Waals surface area contributed by atoms with Gasteiger partial charge in [0.05, 0.1) is 6.26 Å². The van der Waals surface area contributed by atoms with Crippen LogP contribution in [0, 0.1) is 0 Å². The van der Waals surface area contributed by atoms with Crippen LogP contribution in [-0.4, -0.2) is 40.2 Å². The number of H-pyrrole nitrogens is 1. The number of aromatic nitrogens is 3. The third-order valence-electron chi connectivity index (χ3n) is 4.12. The monoisotopic (exact) mass is 343 g/mol. The number of nitrogens with zero attached hydrogens (tertiary/aromatic N) is 3. The molecule has 124 valence electrons. The number of amides is 1. The molecule has 3 aromatic heterocycles. The van der Waals surface area contributed by atoms with Gasteiger partial charge < -0.3 is 14.6 Å². The number of piperidine rings is 1. The number of rotatable bonds is 4. The summed E-state index contributed by atoms with van der Waals surface area (Å²) in [5.41, 5.74) is 1.08. The van der Waals surface area contributed by atoms with E-state index in [0.717, 1.165) is 31.1 Å². The molecule has 4 rings (SSSR count).